The maximum Gasteiger partial charge on any atom is 0.251 e. The van der Waals surface area contributed by atoms with Crippen molar-refractivity contribution in [3.05, 3.63) is 64.2 Å². The third-order valence-corrected chi connectivity index (χ3v) is 7.82. The molecule has 1 fully saturated rings. The SMILES string of the molecule is Cc1ccc(C)c([C@H](C)NC(=O)c2ccc(C)c(S(=O)(=O)N3CCN(C)CC3)c2)c1. The first-order valence-corrected chi connectivity index (χ1v) is 11.7. The summed E-state index contributed by atoms with van der Waals surface area (Å²) in [5, 5.41) is 3.01. The van der Waals surface area contributed by atoms with Crippen molar-refractivity contribution in [2.45, 2.75) is 38.6 Å². The molecule has 0 radical (unpaired) electrons. The molecule has 30 heavy (non-hydrogen) atoms. The lowest BCUT2D eigenvalue weighted by Crippen LogP contribution is -2.47. The molecule has 2 aromatic carbocycles. The molecule has 0 spiro atoms. The molecule has 1 aliphatic heterocycles. The van der Waals surface area contributed by atoms with Gasteiger partial charge in [0.1, 0.15) is 0 Å². The van der Waals surface area contributed by atoms with Gasteiger partial charge in [-0.2, -0.15) is 4.31 Å². The molecule has 0 unspecified atom stereocenters. The first-order chi connectivity index (χ1) is 14.1. The number of carbonyl (C=O) groups is 1. The highest BCUT2D eigenvalue weighted by molar-refractivity contribution is 7.89. The largest absolute Gasteiger partial charge is 0.346 e. The highest BCUT2D eigenvalue weighted by Gasteiger charge is 2.29. The molecule has 3 rings (SSSR count). The van der Waals surface area contributed by atoms with Crippen molar-refractivity contribution < 1.29 is 13.2 Å². The molecule has 2 aromatic rings. The van der Waals surface area contributed by atoms with Crippen molar-refractivity contribution in [2.75, 3.05) is 33.2 Å². The van der Waals surface area contributed by atoms with Crippen LogP contribution in [0.15, 0.2) is 41.3 Å². The molecule has 0 saturated carbocycles. The summed E-state index contributed by atoms with van der Waals surface area (Å²) in [4.78, 5) is 15.2. The third-order valence-electron chi connectivity index (χ3n) is 5.78. The van der Waals surface area contributed by atoms with Gasteiger partial charge < -0.3 is 10.2 Å². The molecule has 0 aliphatic carbocycles. The summed E-state index contributed by atoms with van der Waals surface area (Å²) < 4.78 is 27.9. The van der Waals surface area contributed by atoms with E-state index in [1.807, 2.05) is 40.0 Å². The highest BCUT2D eigenvalue weighted by atomic mass is 32.2. The fourth-order valence-electron chi connectivity index (χ4n) is 3.77. The lowest BCUT2D eigenvalue weighted by atomic mass is 9.99. The maximum atomic E-state index is 13.2. The fourth-order valence-corrected chi connectivity index (χ4v) is 5.44. The minimum atomic E-state index is -3.64. The molecule has 0 aromatic heterocycles. The molecule has 1 saturated heterocycles. The molecule has 1 aliphatic rings. The molecule has 7 heteroatoms. The second-order valence-electron chi connectivity index (χ2n) is 8.24. The molecule has 0 bridgehead atoms. The van der Waals surface area contributed by atoms with Gasteiger partial charge in [-0.15, -0.1) is 0 Å². The van der Waals surface area contributed by atoms with Crippen molar-refractivity contribution >= 4 is 15.9 Å². The molecule has 1 heterocycles. The van der Waals surface area contributed by atoms with Crippen LogP contribution in [0.1, 0.15) is 45.6 Å². The summed E-state index contributed by atoms with van der Waals surface area (Å²) in [5.74, 6) is -0.279. The zero-order valence-corrected chi connectivity index (χ0v) is 19.2. The Morgan fingerprint density at radius 3 is 2.27 bits per heavy atom. The predicted octanol–water partition coefficient (Wildman–Crippen LogP) is 3.04. The van der Waals surface area contributed by atoms with Crippen LogP contribution >= 0.6 is 0 Å². The van der Waals surface area contributed by atoms with E-state index in [1.165, 1.54) is 10.4 Å². The van der Waals surface area contributed by atoms with Gasteiger partial charge in [0.2, 0.25) is 10.0 Å². The molecule has 1 atom stereocenters. The van der Waals surface area contributed by atoms with Gasteiger partial charge in [0, 0.05) is 31.7 Å². The smallest absolute Gasteiger partial charge is 0.251 e. The Morgan fingerprint density at radius 1 is 0.967 bits per heavy atom. The summed E-state index contributed by atoms with van der Waals surface area (Å²) in [5.41, 5.74) is 4.29. The minimum Gasteiger partial charge on any atom is -0.346 e. The summed E-state index contributed by atoms with van der Waals surface area (Å²) in [6.07, 6.45) is 0. The minimum absolute atomic E-state index is 0.184. The number of nitrogens with one attached hydrogen (secondary N) is 1. The maximum absolute atomic E-state index is 13.2. The van der Waals surface area contributed by atoms with Crippen molar-refractivity contribution in [3.63, 3.8) is 0 Å². The van der Waals surface area contributed by atoms with Crippen molar-refractivity contribution in [1.29, 1.82) is 0 Å². The van der Waals surface area contributed by atoms with E-state index in [-0.39, 0.29) is 16.8 Å². The summed E-state index contributed by atoms with van der Waals surface area (Å²) in [7, 11) is -1.66. The number of amides is 1. The number of rotatable bonds is 5. The molecule has 6 nitrogen and oxygen atoms in total. The summed E-state index contributed by atoms with van der Waals surface area (Å²) >= 11 is 0. The average Bonchev–Trinajstić information content (AvgIpc) is 2.70. The number of benzene rings is 2. The zero-order chi connectivity index (χ0) is 22.1. The van der Waals surface area contributed by atoms with Crippen LogP contribution in [0.2, 0.25) is 0 Å². The number of hydrogen-bond acceptors (Lipinski definition) is 4. The average molecular weight is 430 g/mol. The lowest BCUT2D eigenvalue weighted by molar-refractivity contribution is 0.0939. The van der Waals surface area contributed by atoms with Crippen LogP contribution in [0.5, 0.6) is 0 Å². The molecular weight excluding hydrogens is 398 g/mol. The van der Waals surface area contributed by atoms with E-state index < -0.39 is 10.0 Å². The van der Waals surface area contributed by atoms with Gasteiger partial charge in [-0.3, -0.25) is 4.79 Å². The van der Waals surface area contributed by atoms with Crippen LogP contribution in [0.3, 0.4) is 0 Å². The molecular formula is C23H31N3O3S. The van der Waals surface area contributed by atoms with E-state index in [0.717, 1.165) is 16.7 Å². The third kappa shape index (κ3) is 4.74. The number of aryl methyl sites for hydroxylation is 3. The van der Waals surface area contributed by atoms with E-state index in [1.54, 1.807) is 19.1 Å². The van der Waals surface area contributed by atoms with Gasteiger partial charge in [-0.1, -0.05) is 29.8 Å². The normalized spacial score (nSPS) is 17.0. The van der Waals surface area contributed by atoms with Gasteiger partial charge in [-0.25, -0.2) is 8.42 Å². The van der Waals surface area contributed by atoms with Gasteiger partial charge in [0.25, 0.3) is 5.91 Å². The Balaban J connectivity index is 1.83. The van der Waals surface area contributed by atoms with Gasteiger partial charge in [0.15, 0.2) is 0 Å². The first-order valence-electron chi connectivity index (χ1n) is 10.3. The molecule has 1 amide bonds. The van der Waals surface area contributed by atoms with E-state index in [0.29, 0.717) is 37.3 Å². The quantitative estimate of drug-likeness (QED) is 0.793. The molecule has 162 valence electrons. The fraction of sp³-hybridized carbons (Fsp3) is 0.435. The predicted molar refractivity (Wildman–Crippen MR) is 119 cm³/mol. The number of sulfonamides is 1. The second kappa shape index (κ2) is 8.88. The Hall–Kier alpha value is -2.22. The van der Waals surface area contributed by atoms with Crippen LogP contribution in [0, 0.1) is 20.8 Å². The van der Waals surface area contributed by atoms with E-state index >= 15 is 0 Å². The van der Waals surface area contributed by atoms with Crippen molar-refractivity contribution in [1.82, 2.24) is 14.5 Å². The van der Waals surface area contributed by atoms with Crippen molar-refractivity contribution in [2.24, 2.45) is 0 Å². The first kappa shape index (κ1) is 22.5. The topological polar surface area (TPSA) is 69.7 Å². The standard InChI is InChI=1S/C23H31N3O3S/c1-16-6-7-17(2)21(14-16)19(4)24-23(27)20-9-8-18(3)22(15-20)30(28,29)26-12-10-25(5)11-13-26/h6-9,14-15,19H,10-13H2,1-5H3,(H,24,27)/t19-/m0/s1. The monoisotopic (exact) mass is 429 g/mol. The van der Waals surface area contributed by atoms with Crippen molar-refractivity contribution in [3.8, 4) is 0 Å². The Kier molecular flexibility index (Phi) is 6.65. The van der Waals surface area contributed by atoms with Gasteiger partial charge in [0.05, 0.1) is 10.9 Å². The Bertz CT molecular complexity index is 1040. The van der Waals surface area contributed by atoms with E-state index in [2.05, 4.69) is 16.3 Å². The second-order valence-corrected chi connectivity index (χ2v) is 10.1. The van der Waals surface area contributed by atoms with Crippen LogP contribution in [0.4, 0.5) is 0 Å². The zero-order valence-electron chi connectivity index (χ0n) is 18.4. The number of nitrogens with zero attached hydrogens (tertiary/aromatic N) is 2. The number of hydrogen-bond donors (Lipinski definition) is 1. The number of piperazine rings is 1. The lowest BCUT2D eigenvalue weighted by Gasteiger charge is -2.32. The Labute approximate surface area is 179 Å². The molecule has 1 N–H and O–H groups in total. The number of likely N-dealkylation sites (N-methyl/N-ethyl adjacent to an activating group) is 1. The number of carbonyl (C=O) groups excluding carboxylic acids is 1. The van der Waals surface area contributed by atoms with Crippen LogP contribution in [0.25, 0.3) is 0 Å². The van der Waals surface area contributed by atoms with Crippen LogP contribution < -0.4 is 5.32 Å². The Morgan fingerprint density at radius 2 is 1.60 bits per heavy atom. The highest BCUT2D eigenvalue weighted by Crippen LogP contribution is 2.24. The summed E-state index contributed by atoms with van der Waals surface area (Å²) in [6.45, 7) is 10.1. The van der Waals surface area contributed by atoms with E-state index in [9.17, 15) is 13.2 Å². The van der Waals surface area contributed by atoms with Crippen LogP contribution in [-0.4, -0.2) is 56.8 Å². The van der Waals surface area contributed by atoms with E-state index in [4.69, 9.17) is 0 Å². The summed E-state index contributed by atoms with van der Waals surface area (Å²) in [6, 6.07) is 10.9. The van der Waals surface area contributed by atoms with Crippen LogP contribution in [-0.2, 0) is 10.0 Å². The van der Waals surface area contributed by atoms with Gasteiger partial charge in [-0.05, 0) is 63.6 Å². The van der Waals surface area contributed by atoms with Gasteiger partial charge >= 0.3 is 0 Å².